The van der Waals surface area contributed by atoms with Gasteiger partial charge >= 0.3 is 0 Å². The maximum absolute atomic E-state index is 8.87. The van der Waals surface area contributed by atoms with Crippen LogP contribution in [0.2, 0.25) is 0 Å². The lowest BCUT2D eigenvalue weighted by Gasteiger charge is -2.11. The molecule has 4 heteroatoms. The molecule has 0 fully saturated rings. The van der Waals surface area contributed by atoms with Crippen molar-refractivity contribution in [2.45, 2.75) is 32.9 Å². The molecule has 0 radical (unpaired) electrons. The van der Waals surface area contributed by atoms with Gasteiger partial charge in [-0.15, -0.1) is 0 Å². The average Bonchev–Trinajstić information content (AvgIpc) is 2.78. The van der Waals surface area contributed by atoms with Crippen LogP contribution >= 0.6 is 0 Å². The number of nitrogens with two attached hydrogens (primary N) is 1. The molecule has 1 aromatic carbocycles. The van der Waals surface area contributed by atoms with Crippen LogP contribution in [0.25, 0.3) is 0 Å². The highest BCUT2D eigenvalue weighted by Gasteiger charge is 2.07. The minimum Gasteiger partial charge on any atom is -0.330 e. The molecule has 0 aliphatic rings. The SMILES string of the molecule is Cc1cc(C#N)ccc1Cn1ccnc1CC(C)N. The Morgan fingerprint density at radius 3 is 2.89 bits per heavy atom. The topological polar surface area (TPSA) is 67.6 Å². The lowest BCUT2D eigenvalue weighted by Crippen LogP contribution is -2.20. The lowest BCUT2D eigenvalue weighted by molar-refractivity contribution is 0.647. The molecular formula is C15H18N4. The van der Waals surface area contributed by atoms with Crippen molar-refractivity contribution in [2.24, 2.45) is 5.73 Å². The first-order valence-corrected chi connectivity index (χ1v) is 6.35. The molecular weight excluding hydrogens is 236 g/mol. The molecule has 2 N–H and O–H groups in total. The molecule has 0 amide bonds. The van der Waals surface area contributed by atoms with E-state index in [1.54, 1.807) is 6.20 Å². The van der Waals surface area contributed by atoms with E-state index in [1.165, 1.54) is 5.56 Å². The number of nitriles is 1. The Balaban J connectivity index is 2.22. The number of imidazole rings is 1. The quantitative estimate of drug-likeness (QED) is 0.907. The van der Waals surface area contributed by atoms with E-state index in [2.05, 4.69) is 15.6 Å². The number of aryl methyl sites for hydroxylation is 1. The summed E-state index contributed by atoms with van der Waals surface area (Å²) in [6.07, 6.45) is 4.54. The van der Waals surface area contributed by atoms with Gasteiger partial charge in [0.2, 0.25) is 0 Å². The molecule has 0 aliphatic heterocycles. The van der Waals surface area contributed by atoms with E-state index in [9.17, 15) is 0 Å². The van der Waals surface area contributed by atoms with Crippen molar-refractivity contribution >= 4 is 0 Å². The summed E-state index contributed by atoms with van der Waals surface area (Å²) in [6, 6.07) is 8.03. The van der Waals surface area contributed by atoms with Crippen LogP contribution in [0.15, 0.2) is 30.6 Å². The molecule has 0 saturated carbocycles. The van der Waals surface area contributed by atoms with E-state index in [-0.39, 0.29) is 6.04 Å². The van der Waals surface area contributed by atoms with Crippen molar-refractivity contribution in [1.82, 2.24) is 9.55 Å². The van der Waals surface area contributed by atoms with Crippen LogP contribution in [0, 0.1) is 18.3 Å². The van der Waals surface area contributed by atoms with Crippen LogP contribution < -0.4 is 5.73 Å². The first kappa shape index (κ1) is 13.3. The third-order valence-corrected chi connectivity index (χ3v) is 3.12. The van der Waals surface area contributed by atoms with E-state index in [0.717, 1.165) is 24.4 Å². The zero-order valence-electron chi connectivity index (χ0n) is 11.3. The highest BCUT2D eigenvalue weighted by Crippen LogP contribution is 2.13. The fraction of sp³-hybridized carbons (Fsp3) is 0.333. The van der Waals surface area contributed by atoms with Crippen molar-refractivity contribution in [1.29, 1.82) is 5.26 Å². The molecule has 19 heavy (non-hydrogen) atoms. The van der Waals surface area contributed by atoms with Gasteiger partial charge in [-0.2, -0.15) is 5.26 Å². The van der Waals surface area contributed by atoms with Crippen molar-refractivity contribution < 1.29 is 0 Å². The van der Waals surface area contributed by atoms with Crippen LogP contribution in [-0.2, 0) is 13.0 Å². The molecule has 1 heterocycles. The summed E-state index contributed by atoms with van der Waals surface area (Å²) in [4.78, 5) is 4.35. The Labute approximate surface area is 113 Å². The summed E-state index contributed by atoms with van der Waals surface area (Å²) in [5.41, 5.74) is 8.84. The maximum atomic E-state index is 8.87. The fourth-order valence-electron chi connectivity index (χ4n) is 2.09. The van der Waals surface area contributed by atoms with Gasteiger partial charge in [-0.3, -0.25) is 0 Å². The standard InChI is InChI=1S/C15H18N4/c1-11-7-13(9-16)3-4-14(11)10-19-6-5-18-15(19)8-12(2)17/h3-7,12H,8,10,17H2,1-2H3. The summed E-state index contributed by atoms with van der Waals surface area (Å²) in [7, 11) is 0. The third kappa shape index (κ3) is 3.21. The molecule has 2 rings (SSSR count). The van der Waals surface area contributed by atoms with E-state index in [0.29, 0.717) is 5.56 Å². The van der Waals surface area contributed by atoms with Crippen LogP contribution in [0.4, 0.5) is 0 Å². The van der Waals surface area contributed by atoms with E-state index in [1.807, 2.05) is 38.2 Å². The largest absolute Gasteiger partial charge is 0.330 e. The van der Waals surface area contributed by atoms with Gasteiger partial charge in [-0.05, 0) is 37.1 Å². The molecule has 4 nitrogen and oxygen atoms in total. The van der Waals surface area contributed by atoms with E-state index >= 15 is 0 Å². The van der Waals surface area contributed by atoms with Gasteiger partial charge in [-0.25, -0.2) is 4.98 Å². The summed E-state index contributed by atoms with van der Waals surface area (Å²) in [6.45, 7) is 4.77. The normalized spacial score (nSPS) is 12.1. The number of hydrogen-bond acceptors (Lipinski definition) is 3. The number of nitrogens with zero attached hydrogens (tertiary/aromatic N) is 3. The number of aromatic nitrogens is 2. The second-order valence-electron chi connectivity index (χ2n) is 4.91. The molecule has 0 saturated heterocycles. The second kappa shape index (κ2) is 5.68. The van der Waals surface area contributed by atoms with Gasteiger partial charge in [0.25, 0.3) is 0 Å². The first-order chi connectivity index (χ1) is 9.10. The predicted octanol–water partition coefficient (Wildman–Crippen LogP) is 2.00. The lowest BCUT2D eigenvalue weighted by atomic mass is 10.1. The monoisotopic (exact) mass is 254 g/mol. The third-order valence-electron chi connectivity index (χ3n) is 3.12. The van der Waals surface area contributed by atoms with Crippen LogP contribution in [0.5, 0.6) is 0 Å². The summed E-state index contributed by atoms with van der Waals surface area (Å²) in [5, 5.41) is 8.87. The van der Waals surface area contributed by atoms with Gasteiger partial charge in [0.15, 0.2) is 0 Å². The Bertz CT molecular complexity index is 605. The number of hydrogen-bond donors (Lipinski definition) is 1. The molecule has 0 spiro atoms. The highest BCUT2D eigenvalue weighted by atomic mass is 15.1. The smallest absolute Gasteiger partial charge is 0.110 e. The molecule has 1 aromatic heterocycles. The van der Waals surface area contributed by atoms with Crippen LogP contribution in [0.3, 0.4) is 0 Å². The summed E-state index contributed by atoms with van der Waals surface area (Å²) >= 11 is 0. The zero-order valence-corrected chi connectivity index (χ0v) is 11.3. The van der Waals surface area contributed by atoms with Crippen molar-refractivity contribution in [3.8, 4) is 6.07 Å². The Kier molecular flexibility index (Phi) is 3.98. The zero-order chi connectivity index (χ0) is 13.8. The number of rotatable bonds is 4. The van der Waals surface area contributed by atoms with Gasteiger partial charge in [0.05, 0.1) is 11.6 Å². The molecule has 1 unspecified atom stereocenters. The van der Waals surface area contributed by atoms with Gasteiger partial charge in [0, 0.05) is 31.4 Å². The summed E-state index contributed by atoms with van der Waals surface area (Å²) in [5.74, 6) is 0.999. The minimum atomic E-state index is 0.100. The molecule has 0 bridgehead atoms. The minimum absolute atomic E-state index is 0.100. The van der Waals surface area contributed by atoms with Crippen molar-refractivity contribution in [3.63, 3.8) is 0 Å². The number of benzene rings is 1. The van der Waals surface area contributed by atoms with Crippen LogP contribution in [0.1, 0.15) is 29.4 Å². The van der Waals surface area contributed by atoms with Crippen molar-refractivity contribution in [3.05, 3.63) is 53.1 Å². The second-order valence-corrected chi connectivity index (χ2v) is 4.91. The highest BCUT2D eigenvalue weighted by molar-refractivity contribution is 5.37. The van der Waals surface area contributed by atoms with Gasteiger partial charge in [0.1, 0.15) is 5.82 Å². The summed E-state index contributed by atoms with van der Waals surface area (Å²) < 4.78 is 2.11. The molecule has 98 valence electrons. The molecule has 1 atom stereocenters. The van der Waals surface area contributed by atoms with Crippen molar-refractivity contribution in [2.75, 3.05) is 0 Å². The molecule has 2 aromatic rings. The first-order valence-electron chi connectivity index (χ1n) is 6.35. The Hall–Kier alpha value is -2.12. The predicted molar refractivity (Wildman–Crippen MR) is 74.6 cm³/mol. The van der Waals surface area contributed by atoms with E-state index in [4.69, 9.17) is 11.0 Å². The van der Waals surface area contributed by atoms with Gasteiger partial charge in [-0.1, -0.05) is 6.07 Å². The van der Waals surface area contributed by atoms with E-state index < -0.39 is 0 Å². The average molecular weight is 254 g/mol. The Morgan fingerprint density at radius 2 is 2.26 bits per heavy atom. The fourth-order valence-corrected chi connectivity index (χ4v) is 2.09. The Morgan fingerprint density at radius 1 is 1.47 bits per heavy atom. The van der Waals surface area contributed by atoms with Crippen LogP contribution in [-0.4, -0.2) is 15.6 Å². The van der Waals surface area contributed by atoms with Gasteiger partial charge < -0.3 is 10.3 Å². The molecule has 0 aliphatic carbocycles. The maximum Gasteiger partial charge on any atom is 0.110 e.